The zero-order chi connectivity index (χ0) is 18.5. The third-order valence-corrected chi connectivity index (χ3v) is 4.36. The maximum atomic E-state index is 12.2. The monoisotopic (exact) mass is 372 g/mol. The lowest BCUT2D eigenvalue weighted by molar-refractivity contribution is -0.127. The van der Waals surface area contributed by atoms with E-state index < -0.39 is 6.10 Å². The van der Waals surface area contributed by atoms with E-state index >= 15 is 0 Å². The largest absolute Gasteiger partial charge is 0.481 e. The highest BCUT2D eigenvalue weighted by Crippen LogP contribution is 2.30. The van der Waals surface area contributed by atoms with Gasteiger partial charge >= 0.3 is 0 Å². The van der Waals surface area contributed by atoms with E-state index in [-0.39, 0.29) is 17.7 Å². The van der Waals surface area contributed by atoms with E-state index in [1.807, 2.05) is 24.3 Å². The number of hydrogen-bond acceptors (Lipinski definition) is 3. The summed E-state index contributed by atoms with van der Waals surface area (Å²) in [5, 5.41) is 6.36. The first kappa shape index (κ1) is 18.3. The molecule has 0 radical (unpaired) electrons. The first-order valence-electron chi connectivity index (χ1n) is 8.61. The summed E-state index contributed by atoms with van der Waals surface area (Å²) in [5.74, 6) is 0.592. The summed E-state index contributed by atoms with van der Waals surface area (Å²) in [5.41, 5.74) is 1.66. The van der Waals surface area contributed by atoms with Gasteiger partial charge in [0.25, 0.3) is 5.91 Å². The SMILES string of the molecule is C[C@H](Oc1ccc(Cl)cc1)C(=O)NCc1cccc(NC(=O)C2CC2)c1. The van der Waals surface area contributed by atoms with E-state index in [0.717, 1.165) is 24.1 Å². The third kappa shape index (κ3) is 5.23. The van der Waals surface area contributed by atoms with Crippen LogP contribution in [0.25, 0.3) is 0 Å². The summed E-state index contributed by atoms with van der Waals surface area (Å²) in [6.07, 6.45) is 1.30. The molecule has 0 aliphatic heterocycles. The van der Waals surface area contributed by atoms with Crippen LogP contribution in [0.5, 0.6) is 5.75 Å². The molecule has 2 N–H and O–H groups in total. The van der Waals surface area contributed by atoms with Crippen molar-refractivity contribution in [2.24, 2.45) is 5.92 Å². The van der Waals surface area contributed by atoms with E-state index in [4.69, 9.17) is 16.3 Å². The van der Waals surface area contributed by atoms with Crippen LogP contribution in [0.3, 0.4) is 0 Å². The molecule has 1 atom stereocenters. The van der Waals surface area contributed by atoms with Gasteiger partial charge < -0.3 is 15.4 Å². The minimum atomic E-state index is -0.631. The Morgan fingerprint density at radius 1 is 1.19 bits per heavy atom. The quantitative estimate of drug-likeness (QED) is 0.777. The Morgan fingerprint density at radius 2 is 1.92 bits per heavy atom. The number of carbonyl (C=O) groups excluding carboxylic acids is 2. The maximum Gasteiger partial charge on any atom is 0.261 e. The molecule has 0 aromatic heterocycles. The molecular formula is C20H21ClN2O3. The van der Waals surface area contributed by atoms with Crippen LogP contribution >= 0.6 is 11.6 Å². The smallest absolute Gasteiger partial charge is 0.261 e. The van der Waals surface area contributed by atoms with Gasteiger partial charge in [0.1, 0.15) is 5.75 Å². The molecule has 1 fully saturated rings. The molecule has 1 aliphatic carbocycles. The van der Waals surface area contributed by atoms with Gasteiger partial charge in [0, 0.05) is 23.2 Å². The fraction of sp³-hybridized carbons (Fsp3) is 0.300. The first-order valence-corrected chi connectivity index (χ1v) is 8.99. The lowest BCUT2D eigenvalue weighted by atomic mass is 10.2. The topological polar surface area (TPSA) is 67.4 Å². The van der Waals surface area contributed by atoms with E-state index in [9.17, 15) is 9.59 Å². The number of anilines is 1. The zero-order valence-corrected chi connectivity index (χ0v) is 15.3. The van der Waals surface area contributed by atoms with Crippen LogP contribution in [-0.2, 0) is 16.1 Å². The predicted octanol–water partition coefficient (Wildman–Crippen LogP) is 3.77. The Hall–Kier alpha value is -2.53. The van der Waals surface area contributed by atoms with Crippen molar-refractivity contribution in [2.45, 2.75) is 32.4 Å². The number of ether oxygens (including phenoxy) is 1. The van der Waals surface area contributed by atoms with Crippen LogP contribution < -0.4 is 15.4 Å². The zero-order valence-electron chi connectivity index (χ0n) is 14.5. The normalized spacial score (nSPS) is 14.4. The number of carbonyl (C=O) groups is 2. The highest BCUT2D eigenvalue weighted by atomic mass is 35.5. The van der Waals surface area contributed by atoms with Crippen LogP contribution in [0.4, 0.5) is 5.69 Å². The summed E-state index contributed by atoms with van der Waals surface area (Å²) in [7, 11) is 0. The van der Waals surface area contributed by atoms with Crippen molar-refractivity contribution in [3.8, 4) is 5.75 Å². The Kier molecular flexibility index (Phi) is 5.78. The van der Waals surface area contributed by atoms with Gasteiger partial charge in [-0.1, -0.05) is 23.7 Å². The van der Waals surface area contributed by atoms with Crippen LogP contribution in [-0.4, -0.2) is 17.9 Å². The molecule has 2 amide bonds. The lowest BCUT2D eigenvalue weighted by Crippen LogP contribution is -2.35. The van der Waals surface area contributed by atoms with Crippen molar-refractivity contribution in [3.05, 3.63) is 59.1 Å². The second-order valence-electron chi connectivity index (χ2n) is 6.40. The molecule has 6 heteroatoms. The molecule has 136 valence electrons. The summed E-state index contributed by atoms with van der Waals surface area (Å²) in [4.78, 5) is 24.0. The fourth-order valence-corrected chi connectivity index (χ4v) is 2.58. The average Bonchev–Trinajstić information content (AvgIpc) is 3.47. The third-order valence-electron chi connectivity index (χ3n) is 4.11. The molecule has 1 saturated carbocycles. The number of amides is 2. The minimum absolute atomic E-state index is 0.0659. The average molecular weight is 373 g/mol. The molecule has 0 bridgehead atoms. The molecule has 2 aromatic carbocycles. The van der Waals surface area contributed by atoms with Gasteiger partial charge in [-0.2, -0.15) is 0 Å². The highest BCUT2D eigenvalue weighted by Gasteiger charge is 2.29. The lowest BCUT2D eigenvalue weighted by Gasteiger charge is -2.15. The van der Waals surface area contributed by atoms with E-state index in [1.54, 1.807) is 31.2 Å². The standard InChI is InChI=1S/C20H21ClN2O3/c1-13(26-18-9-7-16(21)8-10-18)19(24)22-12-14-3-2-4-17(11-14)23-20(25)15-5-6-15/h2-4,7-11,13,15H,5-6,12H2,1H3,(H,22,24)(H,23,25)/t13-/m0/s1. The number of hydrogen-bond donors (Lipinski definition) is 2. The highest BCUT2D eigenvalue weighted by molar-refractivity contribution is 6.30. The summed E-state index contributed by atoms with van der Waals surface area (Å²) in [6.45, 7) is 2.05. The molecular weight excluding hydrogens is 352 g/mol. The molecule has 3 rings (SSSR count). The molecule has 0 saturated heterocycles. The Morgan fingerprint density at radius 3 is 2.62 bits per heavy atom. The number of rotatable bonds is 7. The molecule has 0 spiro atoms. The van der Waals surface area contributed by atoms with E-state index in [1.165, 1.54) is 0 Å². The number of nitrogens with one attached hydrogen (secondary N) is 2. The van der Waals surface area contributed by atoms with E-state index in [2.05, 4.69) is 10.6 Å². The van der Waals surface area contributed by atoms with Crippen LogP contribution in [0.15, 0.2) is 48.5 Å². The van der Waals surface area contributed by atoms with Crippen molar-refractivity contribution in [3.63, 3.8) is 0 Å². The van der Waals surface area contributed by atoms with Gasteiger partial charge in [0.05, 0.1) is 0 Å². The predicted molar refractivity (Wildman–Crippen MR) is 101 cm³/mol. The van der Waals surface area contributed by atoms with Gasteiger partial charge in [-0.05, 0) is 61.7 Å². The van der Waals surface area contributed by atoms with Gasteiger partial charge in [-0.15, -0.1) is 0 Å². The molecule has 0 unspecified atom stereocenters. The number of halogens is 1. The Balaban J connectivity index is 1.50. The Labute approximate surface area is 157 Å². The summed E-state index contributed by atoms with van der Waals surface area (Å²) >= 11 is 5.83. The van der Waals surface area contributed by atoms with Crippen molar-refractivity contribution < 1.29 is 14.3 Å². The van der Waals surface area contributed by atoms with Crippen molar-refractivity contribution in [1.29, 1.82) is 0 Å². The molecule has 5 nitrogen and oxygen atoms in total. The van der Waals surface area contributed by atoms with Gasteiger partial charge in [0.15, 0.2) is 6.10 Å². The molecule has 26 heavy (non-hydrogen) atoms. The summed E-state index contributed by atoms with van der Waals surface area (Å²) in [6, 6.07) is 14.3. The minimum Gasteiger partial charge on any atom is -0.481 e. The van der Waals surface area contributed by atoms with Crippen LogP contribution in [0.2, 0.25) is 5.02 Å². The fourth-order valence-electron chi connectivity index (χ4n) is 2.45. The molecule has 1 aliphatic rings. The Bertz CT molecular complexity index is 788. The van der Waals surface area contributed by atoms with Gasteiger partial charge in [-0.25, -0.2) is 0 Å². The van der Waals surface area contributed by atoms with Gasteiger partial charge in [-0.3, -0.25) is 9.59 Å². The molecule has 0 heterocycles. The maximum absolute atomic E-state index is 12.2. The van der Waals surface area contributed by atoms with Crippen molar-refractivity contribution >= 4 is 29.1 Å². The summed E-state index contributed by atoms with van der Waals surface area (Å²) < 4.78 is 5.60. The van der Waals surface area contributed by atoms with Crippen LogP contribution in [0, 0.1) is 5.92 Å². The number of benzene rings is 2. The second kappa shape index (κ2) is 8.23. The first-order chi connectivity index (χ1) is 12.5. The molecule has 2 aromatic rings. The second-order valence-corrected chi connectivity index (χ2v) is 6.83. The van der Waals surface area contributed by atoms with Crippen molar-refractivity contribution in [2.75, 3.05) is 5.32 Å². The van der Waals surface area contributed by atoms with Gasteiger partial charge in [0.2, 0.25) is 5.91 Å². The van der Waals surface area contributed by atoms with Crippen LogP contribution in [0.1, 0.15) is 25.3 Å². The van der Waals surface area contributed by atoms with E-state index in [0.29, 0.717) is 17.3 Å². The van der Waals surface area contributed by atoms with Crippen molar-refractivity contribution in [1.82, 2.24) is 5.32 Å².